The molecule has 0 aromatic heterocycles. The lowest BCUT2D eigenvalue weighted by atomic mass is 10.1. The Labute approximate surface area is 129 Å². The van der Waals surface area contributed by atoms with Gasteiger partial charge in [-0.1, -0.05) is 42.3 Å². The summed E-state index contributed by atoms with van der Waals surface area (Å²) in [6.45, 7) is 5.10. The minimum Gasteiger partial charge on any atom is -0.456 e. The third-order valence-electron chi connectivity index (χ3n) is 2.99. The van der Waals surface area contributed by atoms with Crippen molar-refractivity contribution in [1.82, 2.24) is 5.32 Å². The zero-order chi connectivity index (χ0) is 14.5. The second kappa shape index (κ2) is 6.98. The van der Waals surface area contributed by atoms with Crippen LogP contribution in [0.5, 0.6) is 11.5 Å². The molecule has 0 fully saturated rings. The van der Waals surface area contributed by atoms with Crippen molar-refractivity contribution in [3.8, 4) is 11.5 Å². The van der Waals surface area contributed by atoms with Gasteiger partial charge < -0.3 is 10.1 Å². The quantitative estimate of drug-likeness (QED) is 0.792. The summed E-state index contributed by atoms with van der Waals surface area (Å²) >= 11 is 12.2. The van der Waals surface area contributed by atoms with Gasteiger partial charge in [0.25, 0.3) is 0 Å². The molecule has 4 heteroatoms. The number of rotatable bonds is 5. The summed E-state index contributed by atoms with van der Waals surface area (Å²) in [5, 5.41) is 4.57. The molecule has 0 saturated heterocycles. The maximum absolute atomic E-state index is 6.28. The van der Waals surface area contributed by atoms with Gasteiger partial charge in [-0.15, -0.1) is 0 Å². The van der Waals surface area contributed by atoms with E-state index < -0.39 is 0 Å². The van der Waals surface area contributed by atoms with Crippen molar-refractivity contribution in [2.24, 2.45) is 0 Å². The summed E-state index contributed by atoms with van der Waals surface area (Å²) in [5.74, 6) is 1.30. The largest absolute Gasteiger partial charge is 0.456 e. The second-order valence-corrected chi connectivity index (χ2v) is 5.37. The number of halogens is 2. The van der Waals surface area contributed by atoms with Crippen LogP contribution in [0.3, 0.4) is 0 Å². The van der Waals surface area contributed by atoms with Crippen LogP contribution in [-0.2, 0) is 0 Å². The summed E-state index contributed by atoms with van der Waals surface area (Å²) < 4.78 is 5.75. The monoisotopic (exact) mass is 309 g/mol. The summed E-state index contributed by atoms with van der Waals surface area (Å²) in [6.07, 6.45) is 0. The molecule has 0 aliphatic heterocycles. The van der Waals surface area contributed by atoms with Crippen molar-refractivity contribution < 1.29 is 4.74 Å². The van der Waals surface area contributed by atoms with Crippen molar-refractivity contribution in [1.29, 1.82) is 0 Å². The predicted molar refractivity (Wildman–Crippen MR) is 85.1 cm³/mol. The van der Waals surface area contributed by atoms with E-state index in [1.807, 2.05) is 30.3 Å². The highest BCUT2D eigenvalue weighted by Crippen LogP contribution is 2.32. The van der Waals surface area contributed by atoms with Crippen LogP contribution in [0.15, 0.2) is 42.5 Å². The van der Waals surface area contributed by atoms with E-state index in [2.05, 4.69) is 19.2 Å². The lowest BCUT2D eigenvalue weighted by Crippen LogP contribution is -2.17. The molecule has 0 radical (unpaired) electrons. The standard InChI is InChI=1S/C16H17Cl2NO/c1-3-19-11(2)12-7-8-16(15(18)9-12)20-14-6-4-5-13(17)10-14/h4-11,19H,3H2,1-2H3. The van der Waals surface area contributed by atoms with E-state index in [4.69, 9.17) is 27.9 Å². The fourth-order valence-electron chi connectivity index (χ4n) is 1.95. The maximum atomic E-state index is 6.28. The van der Waals surface area contributed by atoms with E-state index in [1.54, 1.807) is 12.1 Å². The van der Waals surface area contributed by atoms with E-state index in [9.17, 15) is 0 Å². The Morgan fingerprint density at radius 3 is 2.60 bits per heavy atom. The molecule has 0 saturated carbocycles. The molecule has 0 aliphatic rings. The Balaban J connectivity index is 2.17. The minimum absolute atomic E-state index is 0.262. The van der Waals surface area contributed by atoms with Gasteiger partial charge >= 0.3 is 0 Å². The van der Waals surface area contributed by atoms with Gasteiger partial charge in [0.05, 0.1) is 5.02 Å². The highest BCUT2D eigenvalue weighted by atomic mass is 35.5. The van der Waals surface area contributed by atoms with E-state index >= 15 is 0 Å². The highest BCUT2D eigenvalue weighted by molar-refractivity contribution is 6.32. The molecule has 1 unspecified atom stereocenters. The van der Waals surface area contributed by atoms with Gasteiger partial charge in [-0.2, -0.15) is 0 Å². The smallest absolute Gasteiger partial charge is 0.146 e. The normalized spacial score (nSPS) is 12.2. The fraction of sp³-hybridized carbons (Fsp3) is 0.250. The molecular formula is C16H17Cl2NO. The van der Waals surface area contributed by atoms with Gasteiger partial charge in [-0.05, 0) is 49.4 Å². The summed E-state index contributed by atoms with van der Waals surface area (Å²) in [5.41, 5.74) is 1.13. The molecule has 2 aromatic carbocycles. The highest BCUT2D eigenvalue weighted by Gasteiger charge is 2.09. The first kappa shape index (κ1) is 15.2. The molecular weight excluding hydrogens is 293 g/mol. The molecule has 0 amide bonds. The number of ether oxygens (including phenoxy) is 1. The van der Waals surface area contributed by atoms with Crippen molar-refractivity contribution >= 4 is 23.2 Å². The maximum Gasteiger partial charge on any atom is 0.146 e. The lowest BCUT2D eigenvalue weighted by molar-refractivity contribution is 0.482. The van der Waals surface area contributed by atoms with Crippen LogP contribution in [0, 0.1) is 0 Å². The van der Waals surface area contributed by atoms with Gasteiger partial charge in [0.2, 0.25) is 0 Å². The fourth-order valence-corrected chi connectivity index (χ4v) is 2.36. The first-order chi connectivity index (χ1) is 9.60. The van der Waals surface area contributed by atoms with Crippen molar-refractivity contribution in [2.45, 2.75) is 19.9 Å². The molecule has 106 valence electrons. The Morgan fingerprint density at radius 1 is 1.15 bits per heavy atom. The Morgan fingerprint density at radius 2 is 1.95 bits per heavy atom. The van der Waals surface area contributed by atoms with E-state index in [1.165, 1.54) is 0 Å². The summed E-state index contributed by atoms with van der Waals surface area (Å²) in [6, 6.07) is 13.3. The third-order valence-corrected chi connectivity index (χ3v) is 3.52. The molecule has 2 aromatic rings. The molecule has 0 aliphatic carbocycles. The average Bonchev–Trinajstić information content (AvgIpc) is 2.41. The number of benzene rings is 2. The molecule has 1 atom stereocenters. The number of hydrogen-bond donors (Lipinski definition) is 1. The summed E-state index contributed by atoms with van der Waals surface area (Å²) in [7, 11) is 0. The third kappa shape index (κ3) is 3.89. The molecule has 0 heterocycles. The van der Waals surface area contributed by atoms with Crippen LogP contribution < -0.4 is 10.1 Å². The van der Waals surface area contributed by atoms with Gasteiger partial charge in [0, 0.05) is 11.1 Å². The topological polar surface area (TPSA) is 21.3 Å². The summed E-state index contributed by atoms with van der Waals surface area (Å²) in [4.78, 5) is 0. The van der Waals surface area contributed by atoms with E-state index in [0.29, 0.717) is 21.5 Å². The Hall–Kier alpha value is -1.22. The SMILES string of the molecule is CCNC(C)c1ccc(Oc2cccc(Cl)c2)c(Cl)c1. The minimum atomic E-state index is 0.262. The van der Waals surface area contributed by atoms with Crippen molar-refractivity contribution in [3.63, 3.8) is 0 Å². The van der Waals surface area contributed by atoms with Crippen molar-refractivity contribution in [3.05, 3.63) is 58.1 Å². The predicted octanol–water partition coefficient (Wildman–Crippen LogP) is 5.46. The first-order valence-corrected chi connectivity index (χ1v) is 7.32. The van der Waals surface area contributed by atoms with Gasteiger partial charge in [0.1, 0.15) is 11.5 Å². The Kier molecular flexibility index (Phi) is 5.30. The van der Waals surface area contributed by atoms with Crippen LogP contribution in [0.25, 0.3) is 0 Å². The lowest BCUT2D eigenvalue weighted by Gasteiger charge is -2.14. The molecule has 20 heavy (non-hydrogen) atoms. The molecule has 1 N–H and O–H groups in total. The van der Waals surface area contributed by atoms with E-state index in [-0.39, 0.29) is 6.04 Å². The number of hydrogen-bond acceptors (Lipinski definition) is 2. The molecule has 0 spiro atoms. The van der Waals surface area contributed by atoms with Crippen molar-refractivity contribution in [2.75, 3.05) is 6.54 Å². The molecule has 2 rings (SSSR count). The molecule has 2 nitrogen and oxygen atoms in total. The zero-order valence-corrected chi connectivity index (χ0v) is 13.0. The molecule has 0 bridgehead atoms. The van der Waals surface area contributed by atoms with Gasteiger partial charge in [-0.3, -0.25) is 0 Å². The van der Waals surface area contributed by atoms with Crippen LogP contribution in [0.1, 0.15) is 25.5 Å². The van der Waals surface area contributed by atoms with Crippen LogP contribution in [-0.4, -0.2) is 6.54 Å². The van der Waals surface area contributed by atoms with Crippen LogP contribution in [0.4, 0.5) is 0 Å². The first-order valence-electron chi connectivity index (χ1n) is 6.56. The van der Waals surface area contributed by atoms with Crippen LogP contribution in [0.2, 0.25) is 10.0 Å². The van der Waals surface area contributed by atoms with E-state index in [0.717, 1.165) is 12.1 Å². The van der Waals surface area contributed by atoms with Gasteiger partial charge in [-0.25, -0.2) is 0 Å². The second-order valence-electron chi connectivity index (χ2n) is 4.53. The average molecular weight is 310 g/mol. The Bertz CT molecular complexity index is 586. The zero-order valence-electron chi connectivity index (χ0n) is 11.5. The van der Waals surface area contributed by atoms with Crippen LogP contribution >= 0.6 is 23.2 Å². The van der Waals surface area contributed by atoms with Gasteiger partial charge in [0.15, 0.2) is 0 Å². The number of nitrogens with one attached hydrogen (secondary N) is 1.